The second-order valence-corrected chi connectivity index (χ2v) is 4.69. The van der Waals surface area contributed by atoms with Crippen molar-refractivity contribution < 1.29 is 9.31 Å². The summed E-state index contributed by atoms with van der Waals surface area (Å²) in [5.41, 5.74) is 0.735. The van der Waals surface area contributed by atoms with Gasteiger partial charge in [0, 0.05) is 6.07 Å². The number of nitro groups is 1. The largest absolute Gasteiger partial charge is 0.272 e. The molecule has 0 fully saturated rings. The Balaban J connectivity index is 2.24. The van der Waals surface area contributed by atoms with Crippen molar-refractivity contribution in [1.82, 2.24) is 15.0 Å². The van der Waals surface area contributed by atoms with Gasteiger partial charge in [-0.05, 0) is 18.6 Å². The number of non-ortho nitro benzene ring substituents is 1. The zero-order chi connectivity index (χ0) is 14.0. The highest BCUT2D eigenvalue weighted by molar-refractivity contribution is 6.20. The molecule has 1 unspecified atom stereocenters. The van der Waals surface area contributed by atoms with Gasteiger partial charge < -0.3 is 0 Å². The summed E-state index contributed by atoms with van der Waals surface area (Å²) in [5.74, 6) is -0.657. The van der Waals surface area contributed by atoms with Crippen LogP contribution in [0, 0.1) is 15.9 Å². The van der Waals surface area contributed by atoms with E-state index in [-0.39, 0.29) is 17.6 Å². The van der Waals surface area contributed by atoms with Gasteiger partial charge in [-0.3, -0.25) is 10.1 Å². The van der Waals surface area contributed by atoms with Gasteiger partial charge in [-0.1, -0.05) is 5.21 Å². The van der Waals surface area contributed by atoms with Gasteiger partial charge in [-0.2, -0.15) is 0 Å². The van der Waals surface area contributed by atoms with Crippen molar-refractivity contribution in [2.75, 3.05) is 0 Å². The Bertz CT molecular complexity index is 614. The number of halogens is 2. The molecule has 0 aliphatic rings. The topological polar surface area (TPSA) is 73.8 Å². The molecule has 0 saturated heterocycles. The van der Waals surface area contributed by atoms with Crippen molar-refractivity contribution in [2.24, 2.45) is 0 Å². The van der Waals surface area contributed by atoms with Crippen LogP contribution in [0.2, 0.25) is 0 Å². The second kappa shape index (κ2) is 5.31. The maximum absolute atomic E-state index is 13.3. The van der Waals surface area contributed by atoms with Gasteiger partial charge in [-0.25, -0.2) is 9.07 Å². The predicted octanol–water partition coefficient (Wildman–Crippen LogP) is 2.67. The maximum Gasteiger partial charge on any atom is 0.272 e. The van der Waals surface area contributed by atoms with E-state index in [2.05, 4.69) is 10.3 Å². The molecule has 6 nitrogen and oxygen atoms in total. The molecule has 1 heterocycles. The van der Waals surface area contributed by atoms with Crippen LogP contribution in [0.4, 0.5) is 10.1 Å². The molecular weight excluding hydrogens is 275 g/mol. The van der Waals surface area contributed by atoms with Crippen molar-refractivity contribution in [3.05, 3.63) is 51.6 Å². The van der Waals surface area contributed by atoms with Crippen molar-refractivity contribution in [3.8, 4) is 0 Å². The summed E-state index contributed by atoms with van der Waals surface area (Å²) in [4.78, 5) is 10.00. The highest BCUT2D eigenvalue weighted by Gasteiger charge is 2.11. The fraction of sp³-hybridized carbons (Fsp3) is 0.273. The van der Waals surface area contributed by atoms with Gasteiger partial charge in [0.25, 0.3) is 5.69 Å². The zero-order valence-corrected chi connectivity index (χ0v) is 10.7. The first kappa shape index (κ1) is 13.4. The number of rotatable bonds is 4. The molecule has 1 aromatic heterocycles. The lowest BCUT2D eigenvalue weighted by Gasteiger charge is -2.01. The third-order valence-corrected chi connectivity index (χ3v) is 2.69. The Morgan fingerprint density at radius 1 is 1.53 bits per heavy atom. The minimum Gasteiger partial charge on any atom is -0.258 e. The molecule has 0 radical (unpaired) electrons. The summed E-state index contributed by atoms with van der Waals surface area (Å²) >= 11 is 5.85. The molecule has 19 heavy (non-hydrogen) atoms. The molecule has 1 aromatic carbocycles. The molecule has 0 bridgehead atoms. The van der Waals surface area contributed by atoms with Crippen molar-refractivity contribution in [2.45, 2.75) is 18.8 Å². The van der Waals surface area contributed by atoms with E-state index in [0.29, 0.717) is 11.3 Å². The molecule has 1 atom stereocenters. The quantitative estimate of drug-likeness (QED) is 0.491. The first-order valence-electron chi connectivity index (χ1n) is 5.43. The van der Waals surface area contributed by atoms with Gasteiger partial charge in [0.2, 0.25) is 0 Å². The van der Waals surface area contributed by atoms with E-state index in [4.69, 9.17) is 11.6 Å². The number of nitro benzene ring substituents is 1. The van der Waals surface area contributed by atoms with Crippen LogP contribution in [0.3, 0.4) is 0 Å². The van der Waals surface area contributed by atoms with Crippen molar-refractivity contribution in [3.63, 3.8) is 0 Å². The molecule has 0 amide bonds. The minimum absolute atomic E-state index is 0.190. The summed E-state index contributed by atoms with van der Waals surface area (Å²) in [7, 11) is 0. The summed E-state index contributed by atoms with van der Waals surface area (Å²) < 4.78 is 14.7. The summed E-state index contributed by atoms with van der Waals surface area (Å²) in [6.45, 7) is 1.94. The molecule has 0 aliphatic heterocycles. The average Bonchev–Trinajstić information content (AvgIpc) is 2.76. The standard InChI is InChI=1S/C11H10ClFN4O2/c1-7(12)11-6-16(15-14-11)5-8-2-9(13)4-10(3-8)17(18)19/h2-4,6-7H,5H2,1H3. The van der Waals surface area contributed by atoms with Crippen LogP contribution in [0.1, 0.15) is 23.6 Å². The Kier molecular flexibility index (Phi) is 3.75. The minimum atomic E-state index is -0.657. The number of nitrogens with zero attached hydrogens (tertiary/aromatic N) is 4. The van der Waals surface area contributed by atoms with Gasteiger partial charge >= 0.3 is 0 Å². The van der Waals surface area contributed by atoms with Crippen molar-refractivity contribution in [1.29, 1.82) is 0 Å². The Morgan fingerprint density at radius 3 is 2.84 bits per heavy atom. The van der Waals surface area contributed by atoms with Crippen molar-refractivity contribution >= 4 is 17.3 Å². The fourth-order valence-electron chi connectivity index (χ4n) is 1.59. The Morgan fingerprint density at radius 2 is 2.26 bits per heavy atom. The van der Waals surface area contributed by atoms with E-state index < -0.39 is 10.7 Å². The van der Waals surface area contributed by atoms with E-state index in [1.54, 1.807) is 13.1 Å². The number of hydrogen-bond donors (Lipinski definition) is 0. The molecule has 0 N–H and O–H groups in total. The number of alkyl halides is 1. The molecular formula is C11H10ClFN4O2. The molecule has 100 valence electrons. The second-order valence-electron chi connectivity index (χ2n) is 4.03. The maximum atomic E-state index is 13.3. The molecule has 0 aliphatic carbocycles. The van der Waals surface area contributed by atoms with Crippen LogP contribution >= 0.6 is 11.6 Å². The van der Waals surface area contributed by atoms with Crippen LogP contribution in [0.25, 0.3) is 0 Å². The Hall–Kier alpha value is -2.02. The first-order chi connectivity index (χ1) is 8.95. The van der Waals surface area contributed by atoms with Gasteiger partial charge in [-0.15, -0.1) is 16.7 Å². The number of benzene rings is 1. The lowest BCUT2D eigenvalue weighted by Crippen LogP contribution is -2.02. The summed E-state index contributed by atoms with van der Waals surface area (Å²) in [6.07, 6.45) is 1.62. The van der Waals surface area contributed by atoms with Crippen LogP contribution in [0.15, 0.2) is 24.4 Å². The molecule has 2 rings (SSSR count). The van der Waals surface area contributed by atoms with Gasteiger partial charge in [0.05, 0.1) is 29.1 Å². The molecule has 0 spiro atoms. The highest BCUT2D eigenvalue weighted by Crippen LogP contribution is 2.18. The van der Waals surface area contributed by atoms with Crippen LogP contribution < -0.4 is 0 Å². The van der Waals surface area contributed by atoms with E-state index in [9.17, 15) is 14.5 Å². The van der Waals surface area contributed by atoms with E-state index in [1.807, 2.05) is 0 Å². The smallest absolute Gasteiger partial charge is 0.258 e. The molecule has 2 aromatic rings. The summed E-state index contributed by atoms with van der Waals surface area (Å²) in [6, 6.07) is 3.39. The zero-order valence-electron chi connectivity index (χ0n) is 9.96. The van der Waals surface area contributed by atoms with Crippen LogP contribution in [0.5, 0.6) is 0 Å². The fourth-order valence-corrected chi connectivity index (χ4v) is 1.69. The lowest BCUT2D eigenvalue weighted by molar-refractivity contribution is -0.385. The predicted molar refractivity (Wildman–Crippen MR) is 66.4 cm³/mol. The summed E-state index contributed by atoms with van der Waals surface area (Å²) in [5, 5.41) is 18.0. The van der Waals surface area contributed by atoms with E-state index >= 15 is 0 Å². The number of hydrogen-bond acceptors (Lipinski definition) is 4. The average molecular weight is 285 g/mol. The SMILES string of the molecule is CC(Cl)c1cn(Cc2cc(F)cc([N+](=O)[O-])c2)nn1. The monoisotopic (exact) mass is 284 g/mol. The molecule has 0 saturated carbocycles. The number of aromatic nitrogens is 3. The first-order valence-corrected chi connectivity index (χ1v) is 5.87. The van der Waals surface area contributed by atoms with E-state index in [0.717, 1.165) is 6.07 Å². The van der Waals surface area contributed by atoms with Gasteiger partial charge in [0.15, 0.2) is 0 Å². The van der Waals surface area contributed by atoms with Gasteiger partial charge in [0.1, 0.15) is 11.5 Å². The normalized spacial score (nSPS) is 12.4. The third kappa shape index (κ3) is 3.25. The molecule has 8 heteroatoms. The highest BCUT2D eigenvalue weighted by atomic mass is 35.5. The third-order valence-electron chi connectivity index (χ3n) is 2.46. The Labute approximate surface area is 113 Å². The van der Waals surface area contributed by atoms with E-state index in [1.165, 1.54) is 16.8 Å². The lowest BCUT2D eigenvalue weighted by atomic mass is 10.2. The van der Waals surface area contributed by atoms with Crippen LogP contribution in [-0.4, -0.2) is 19.9 Å². The van der Waals surface area contributed by atoms with Crippen LogP contribution in [-0.2, 0) is 6.54 Å².